The average molecular weight is 452 g/mol. The normalized spacial score (nSPS) is 16.8. The number of amides is 2. The number of hydrogen-bond donors (Lipinski definition) is 2. The molecule has 2 N–H and O–H groups in total. The molecule has 0 saturated carbocycles. The maximum absolute atomic E-state index is 13.0. The number of nitrogens with zero attached hydrogens (tertiary/aromatic N) is 1. The summed E-state index contributed by atoms with van der Waals surface area (Å²) in [5.74, 6) is -1.11. The molecule has 0 unspecified atom stereocenters. The highest BCUT2D eigenvalue weighted by molar-refractivity contribution is 7.89. The highest BCUT2D eigenvalue weighted by Gasteiger charge is 2.35. The number of anilines is 1. The van der Waals surface area contributed by atoms with Gasteiger partial charge in [-0.1, -0.05) is 11.6 Å². The van der Waals surface area contributed by atoms with E-state index in [0.717, 1.165) is 0 Å². The molecule has 0 aromatic heterocycles. The molecule has 0 bridgehead atoms. The minimum Gasteiger partial charge on any atom is -0.497 e. The molecule has 1 heterocycles. The number of nitrogens with one attached hydrogen (secondary N) is 2. The van der Waals surface area contributed by atoms with Crippen LogP contribution in [0.5, 0.6) is 5.75 Å². The van der Waals surface area contributed by atoms with E-state index in [4.69, 9.17) is 16.3 Å². The molecule has 0 spiro atoms. The smallest absolute Gasteiger partial charge is 0.313 e. The lowest BCUT2D eigenvalue weighted by Gasteiger charge is -2.24. The molecule has 8 nitrogen and oxygen atoms in total. The van der Waals surface area contributed by atoms with E-state index in [-0.39, 0.29) is 11.4 Å². The van der Waals surface area contributed by atoms with Crippen LogP contribution >= 0.6 is 11.6 Å². The van der Waals surface area contributed by atoms with Gasteiger partial charge in [-0.3, -0.25) is 9.59 Å². The molecule has 2 aromatic carbocycles. The summed E-state index contributed by atoms with van der Waals surface area (Å²) in [6.45, 7) is 0.397. The van der Waals surface area contributed by atoms with Crippen molar-refractivity contribution in [3.63, 3.8) is 0 Å². The molecule has 1 saturated heterocycles. The van der Waals surface area contributed by atoms with Gasteiger partial charge in [-0.15, -0.1) is 0 Å². The lowest BCUT2D eigenvalue weighted by Crippen LogP contribution is -2.45. The van der Waals surface area contributed by atoms with Crippen LogP contribution in [0.15, 0.2) is 53.4 Å². The molecule has 1 aliphatic heterocycles. The van der Waals surface area contributed by atoms with Crippen LogP contribution in [0.2, 0.25) is 5.02 Å². The Morgan fingerprint density at radius 2 is 1.77 bits per heavy atom. The molecule has 1 atom stereocenters. The van der Waals surface area contributed by atoms with Crippen molar-refractivity contribution >= 4 is 39.1 Å². The molecule has 2 aromatic rings. The van der Waals surface area contributed by atoms with Crippen LogP contribution in [0.1, 0.15) is 12.8 Å². The van der Waals surface area contributed by atoms with E-state index in [1.54, 1.807) is 36.4 Å². The summed E-state index contributed by atoms with van der Waals surface area (Å²) >= 11 is 5.79. The Morgan fingerprint density at radius 3 is 2.40 bits per heavy atom. The Hall–Kier alpha value is -2.62. The Bertz CT molecular complexity index is 1010. The van der Waals surface area contributed by atoms with Crippen molar-refractivity contribution in [2.24, 2.45) is 0 Å². The zero-order valence-electron chi connectivity index (χ0n) is 16.3. The molecule has 160 valence electrons. The first-order valence-corrected chi connectivity index (χ1v) is 11.1. The first kappa shape index (κ1) is 22.1. The molecule has 1 aliphatic rings. The van der Waals surface area contributed by atoms with Gasteiger partial charge in [0.05, 0.1) is 12.0 Å². The molecule has 0 aliphatic carbocycles. The predicted octanol–water partition coefficient (Wildman–Crippen LogP) is 2.26. The first-order chi connectivity index (χ1) is 14.3. The quantitative estimate of drug-likeness (QED) is 0.655. The molecule has 3 rings (SSSR count). The van der Waals surface area contributed by atoms with Crippen LogP contribution < -0.4 is 15.4 Å². The number of methoxy groups -OCH3 is 1. The molecule has 0 radical (unpaired) electrons. The van der Waals surface area contributed by atoms with Gasteiger partial charge in [0.25, 0.3) is 0 Å². The zero-order chi connectivity index (χ0) is 21.7. The maximum Gasteiger partial charge on any atom is 0.313 e. The van der Waals surface area contributed by atoms with E-state index < -0.39 is 27.9 Å². The fraction of sp³-hybridized carbons (Fsp3) is 0.300. The van der Waals surface area contributed by atoms with Crippen molar-refractivity contribution < 1.29 is 22.7 Å². The van der Waals surface area contributed by atoms with Gasteiger partial charge in [-0.2, -0.15) is 4.31 Å². The second-order valence-corrected chi connectivity index (χ2v) is 9.09. The standard InChI is InChI=1S/C20H22ClN3O5S/c1-29-17-8-10-18(11-9-17)30(27,28)24-12-2-3-16(24)13-22-19(25)20(26)23-15-6-4-14(21)5-7-15/h4-11,16H,2-3,12-13H2,1H3,(H,22,25)(H,23,26)/t16-/m1/s1. The number of sulfonamides is 1. The fourth-order valence-corrected chi connectivity index (χ4v) is 5.04. The average Bonchev–Trinajstić information content (AvgIpc) is 3.23. The number of rotatable bonds is 6. The zero-order valence-corrected chi connectivity index (χ0v) is 17.9. The van der Waals surface area contributed by atoms with E-state index in [9.17, 15) is 18.0 Å². The monoisotopic (exact) mass is 451 g/mol. The maximum atomic E-state index is 13.0. The van der Waals surface area contributed by atoms with Crippen molar-refractivity contribution in [3.8, 4) is 5.75 Å². The Morgan fingerprint density at radius 1 is 1.10 bits per heavy atom. The second kappa shape index (κ2) is 9.46. The molecule has 1 fully saturated rings. The number of benzene rings is 2. The van der Waals surface area contributed by atoms with Crippen LogP contribution in [-0.4, -0.2) is 50.8 Å². The van der Waals surface area contributed by atoms with Crippen LogP contribution in [0.3, 0.4) is 0 Å². The van der Waals surface area contributed by atoms with Crippen molar-refractivity contribution in [2.45, 2.75) is 23.8 Å². The molecule has 30 heavy (non-hydrogen) atoms. The summed E-state index contributed by atoms with van der Waals surface area (Å²) in [6, 6.07) is 12.1. The van der Waals surface area contributed by atoms with E-state index in [1.807, 2.05) is 0 Å². The summed E-state index contributed by atoms with van der Waals surface area (Å²) in [6.07, 6.45) is 1.27. The minimum absolute atomic E-state index is 0.0439. The Kier molecular flexibility index (Phi) is 6.96. The minimum atomic E-state index is -3.72. The highest BCUT2D eigenvalue weighted by Crippen LogP contribution is 2.27. The molecule has 2 amide bonds. The van der Waals surface area contributed by atoms with Crippen molar-refractivity contribution in [3.05, 3.63) is 53.6 Å². The van der Waals surface area contributed by atoms with Gasteiger partial charge in [0, 0.05) is 29.8 Å². The third kappa shape index (κ3) is 5.10. The van der Waals surface area contributed by atoms with E-state index in [0.29, 0.717) is 35.8 Å². The summed E-state index contributed by atoms with van der Waals surface area (Å²) in [5, 5.41) is 5.50. The summed E-state index contributed by atoms with van der Waals surface area (Å²) in [7, 11) is -2.21. The third-order valence-electron chi connectivity index (χ3n) is 4.80. The predicted molar refractivity (Wildman–Crippen MR) is 113 cm³/mol. The first-order valence-electron chi connectivity index (χ1n) is 9.32. The Labute approximate surface area is 180 Å². The number of ether oxygens (including phenoxy) is 1. The van der Waals surface area contributed by atoms with Gasteiger partial charge in [-0.05, 0) is 61.4 Å². The molecular formula is C20H22ClN3O5S. The lowest BCUT2D eigenvalue weighted by atomic mass is 10.2. The molecular weight excluding hydrogens is 430 g/mol. The number of carbonyl (C=O) groups excluding carboxylic acids is 2. The topological polar surface area (TPSA) is 105 Å². The van der Waals surface area contributed by atoms with Gasteiger partial charge in [0.15, 0.2) is 0 Å². The Balaban J connectivity index is 1.60. The summed E-state index contributed by atoms with van der Waals surface area (Å²) in [5.41, 5.74) is 0.434. The van der Waals surface area contributed by atoms with E-state index >= 15 is 0 Å². The van der Waals surface area contributed by atoms with Crippen molar-refractivity contribution in [1.29, 1.82) is 0 Å². The summed E-state index contributed by atoms with van der Waals surface area (Å²) in [4.78, 5) is 24.4. The number of carbonyl (C=O) groups is 2. The lowest BCUT2D eigenvalue weighted by molar-refractivity contribution is -0.136. The van der Waals surface area contributed by atoms with Crippen LogP contribution in [-0.2, 0) is 19.6 Å². The highest BCUT2D eigenvalue weighted by atomic mass is 35.5. The van der Waals surface area contributed by atoms with Gasteiger partial charge in [0.2, 0.25) is 10.0 Å². The van der Waals surface area contributed by atoms with Gasteiger partial charge in [-0.25, -0.2) is 8.42 Å². The van der Waals surface area contributed by atoms with Gasteiger partial charge >= 0.3 is 11.8 Å². The van der Waals surface area contributed by atoms with Crippen LogP contribution in [0, 0.1) is 0 Å². The van der Waals surface area contributed by atoms with Crippen LogP contribution in [0.25, 0.3) is 0 Å². The number of halogens is 1. The molecule has 10 heteroatoms. The largest absolute Gasteiger partial charge is 0.497 e. The second-order valence-electron chi connectivity index (χ2n) is 6.76. The van der Waals surface area contributed by atoms with E-state index in [2.05, 4.69) is 10.6 Å². The van der Waals surface area contributed by atoms with Crippen molar-refractivity contribution in [1.82, 2.24) is 9.62 Å². The SMILES string of the molecule is COc1ccc(S(=O)(=O)N2CCC[C@@H]2CNC(=O)C(=O)Nc2ccc(Cl)cc2)cc1. The van der Waals surface area contributed by atoms with Gasteiger partial charge < -0.3 is 15.4 Å². The number of hydrogen-bond acceptors (Lipinski definition) is 5. The third-order valence-corrected chi connectivity index (χ3v) is 7.01. The summed E-state index contributed by atoms with van der Waals surface area (Å²) < 4.78 is 32.4. The van der Waals surface area contributed by atoms with Crippen LogP contribution in [0.4, 0.5) is 5.69 Å². The van der Waals surface area contributed by atoms with E-state index in [1.165, 1.54) is 23.5 Å². The fourth-order valence-electron chi connectivity index (χ4n) is 3.22. The van der Waals surface area contributed by atoms with Gasteiger partial charge in [0.1, 0.15) is 5.75 Å². The van der Waals surface area contributed by atoms with Crippen molar-refractivity contribution in [2.75, 3.05) is 25.5 Å².